The minimum absolute atomic E-state index is 0.0400. The smallest absolute Gasteiger partial charge is 0.238 e. The molecule has 0 spiro atoms. The van der Waals surface area contributed by atoms with Gasteiger partial charge < -0.3 is 19.9 Å². The van der Waals surface area contributed by atoms with Crippen molar-refractivity contribution in [2.45, 2.75) is 50.7 Å². The molecular formula is C26H34N2O4. The normalized spacial score (nSPS) is 25.6. The Labute approximate surface area is 190 Å². The van der Waals surface area contributed by atoms with Gasteiger partial charge in [0.05, 0.1) is 26.4 Å². The minimum Gasteiger partial charge on any atom is -0.497 e. The summed E-state index contributed by atoms with van der Waals surface area (Å²) in [5.74, 6) is 1.49. The molecule has 1 saturated carbocycles. The van der Waals surface area contributed by atoms with E-state index in [1.165, 1.54) is 0 Å². The Balaban J connectivity index is 1.64. The van der Waals surface area contributed by atoms with Gasteiger partial charge in [0.1, 0.15) is 11.5 Å². The number of likely N-dealkylation sites (tertiary alicyclic amines) is 1. The Morgan fingerprint density at radius 2 is 1.91 bits per heavy atom. The molecule has 1 saturated heterocycles. The number of amides is 1. The molecule has 3 atom stereocenters. The number of nitrogens with zero attached hydrogens (tertiary/aromatic N) is 1. The predicted octanol–water partition coefficient (Wildman–Crippen LogP) is 4.32. The van der Waals surface area contributed by atoms with E-state index in [2.05, 4.69) is 10.2 Å². The number of ether oxygens (including phenoxy) is 2. The molecule has 2 N–H and O–H groups in total. The molecular weight excluding hydrogens is 404 g/mol. The Morgan fingerprint density at radius 3 is 2.62 bits per heavy atom. The van der Waals surface area contributed by atoms with E-state index in [0.717, 1.165) is 54.0 Å². The summed E-state index contributed by atoms with van der Waals surface area (Å²) < 4.78 is 11.2. The second-order valence-corrected chi connectivity index (χ2v) is 9.14. The monoisotopic (exact) mass is 438 g/mol. The summed E-state index contributed by atoms with van der Waals surface area (Å²) in [6.45, 7) is 2.93. The average Bonchev–Trinajstić information content (AvgIpc) is 2.80. The first-order chi connectivity index (χ1) is 15.4. The van der Waals surface area contributed by atoms with Crippen molar-refractivity contribution in [2.24, 2.45) is 5.92 Å². The molecule has 4 rings (SSSR count). The summed E-state index contributed by atoms with van der Waals surface area (Å²) in [5.41, 5.74) is 2.21. The summed E-state index contributed by atoms with van der Waals surface area (Å²) in [6.07, 6.45) is 4.54. The number of hydrogen-bond donors (Lipinski definition) is 2. The first-order valence-electron chi connectivity index (χ1n) is 11.5. The number of piperidine rings is 1. The summed E-state index contributed by atoms with van der Waals surface area (Å²) in [4.78, 5) is 15.2. The number of carbonyl (C=O) groups excluding carboxylic acids is 1. The largest absolute Gasteiger partial charge is 0.497 e. The van der Waals surface area contributed by atoms with Gasteiger partial charge in [0.2, 0.25) is 5.91 Å². The van der Waals surface area contributed by atoms with E-state index >= 15 is 0 Å². The highest BCUT2D eigenvalue weighted by Gasteiger charge is 2.50. The molecule has 2 fully saturated rings. The lowest BCUT2D eigenvalue weighted by Crippen LogP contribution is -2.56. The van der Waals surface area contributed by atoms with Gasteiger partial charge in [-0.3, -0.25) is 9.69 Å². The van der Waals surface area contributed by atoms with Gasteiger partial charge in [0, 0.05) is 29.8 Å². The lowest BCUT2D eigenvalue weighted by molar-refractivity contribution is -0.135. The standard InChI is InChI=1S/C26H34N2O4/c1-18-7-9-19(10-8-18)27-24(29)17-28-15-14-26(30)13-5-4-6-22(26)25(28)21-16-20(31-2)11-12-23(21)32-3/h7-12,16,22,25,30H,4-6,13-15,17H2,1-3H3,(H,27,29). The number of rotatable bonds is 6. The van der Waals surface area contributed by atoms with E-state index in [1.807, 2.05) is 49.4 Å². The number of hydrogen-bond acceptors (Lipinski definition) is 5. The highest BCUT2D eigenvalue weighted by atomic mass is 16.5. The van der Waals surface area contributed by atoms with Crippen LogP contribution in [0.2, 0.25) is 0 Å². The fraction of sp³-hybridized carbons (Fsp3) is 0.500. The molecule has 1 aliphatic carbocycles. The highest BCUT2D eigenvalue weighted by molar-refractivity contribution is 5.92. The van der Waals surface area contributed by atoms with Gasteiger partial charge in [-0.1, -0.05) is 30.5 Å². The minimum atomic E-state index is -0.707. The number of methoxy groups -OCH3 is 2. The maximum absolute atomic E-state index is 13.0. The molecule has 1 heterocycles. The van der Waals surface area contributed by atoms with Crippen molar-refractivity contribution in [3.63, 3.8) is 0 Å². The zero-order valence-electron chi connectivity index (χ0n) is 19.3. The second kappa shape index (κ2) is 9.51. The Bertz CT molecular complexity index is 945. The topological polar surface area (TPSA) is 71.0 Å². The Kier molecular flexibility index (Phi) is 6.72. The number of aryl methyl sites for hydroxylation is 1. The maximum Gasteiger partial charge on any atom is 0.238 e. The molecule has 6 nitrogen and oxygen atoms in total. The van der Waals surface area contributed by atoms with E-state index in [4.69, 9.17) is 9.47 Å². The molecule has 32 heavy (non-hydrogen) atoms. The van der Waals surface area contributed by atoms with Gasteiger partial charge in [0.15, 0.2) is 0 Å². The second-order valence-electron chi connectivity index (χ2n) is 9.14. The number of benzene rings is 2. The van der Waals surface area contributed by atoms with Crippen LogP contribution in [0.15, 0.2) is 42.5 Å². The Hall–Kier alpha value is -2.57. The number of nitrogens with one attached hydrogen (secondary N) is 1. The van der Waals surface area contributed by atoms with Crippen molar-refractivity contribution in [1.29, 1.82) is 0 Å². The summed E-state index contributed by atoms with van der Waals surface area (Å²) in [6, 6.07) is 13.5. The van der Waals surface area contributed by atoms with E-state index in [-0.39, 0.29) is 24.4 Å². The first kappa shape index (κ1) is 22.6. The van der Waals surface area contributed by atoms with Gasteiger partial charge in [0.25, 0.3) is 0 Å². The molecule has 3 unspecified atom stereocenters. The van der Waals surface area contributed by atoms with Crippen molar-refractivity contribution in [1.82, 2.24) is 4.90 Å². The third-order valence-electron chi connectivity index (χ3n) is 7.11. The first-order valence-corrected chi connectivity index (χ1v) is 11.5. The molecule has 0 aromatic heterocycles. The van der Waals surface area contributed by atoms with E-state index in [0.29, 0.717) is 13.0 Å². The summed E-state index contributed by atoms with van der Waals surface area (Å²) in [5, 5.41) is 14.5. The van der Waals surface area contributed by atoms with E-state index < -0.39 is 5.60 Å². The zero-order chi connectivity index (χ0) is 22.7. The van der Waals surface area contributed by atoms with Crippen LogP contribution in [0.1, 0.15) is 49.3 Å². The molecule has 2 aromatic rings. The number of carbonyl (C=O) groups is 1. The van der Waals surface area contributed by atoms with E-state index in [9.17, 15) is 9.90 Å². The third kappa shape index (κ3) is 4.62. The van der Waals surface area contributed by atoms with Gasteiger partial charge in [-0.2, -0.15) is 0 Å². The third-order valence-corrected chi connectivity index (χ3v) is 7.11. The van der Waals surface area contributed by atoms with Gasteiger partial charge >= 0.3 is 0 Å². The fourth-order valence-electron chi connectivity index (χ4n) is 5.43. The quantitative estimate of drug-likeness (QED) is 0.703. The number of fused-ring (bicyclic) bond motifs is 1. The van der Waals surface area contributed by atoms with Gasteiger partial charge in [-0.05, 0) is 56.5 Å². The van der Waals surface area contributed by atoms with Crippen molar-refractivity contribution in [3.05, 3.63) is 53.6 Å². The van der Waals surface area contributed by atoms with Crippen LogP contribution in [0.5, 0.6) is 11.5 Å². The zero-order valence-corrected chi connectivity index (χ0v) is 19.3. The Morgan fingerprint density at radius 1 is 1.12 bits per heavy atom. The maximum atomic E-state index is 13.0. The van der Waals surface area contributed by atoms with Crippen LogP contribution in [0.3, 0.4) is 0 Å². The molecule has 6 heteroatoms. The molecule has 2 aromatic carbocycles. The van der Waals surface area contributed by atoms with Crippen LogP contribution in [0.25, 0.3) is 0 Å². The lowest BCUT2D eigenvalue weighted by atomic mass is 9.66. The van der Waals surface area contributed by atoms with Crippen LogP contribution >= 0.6 is 0 Å². The van der Waals surface area contributed by atoms with Crippen molar-refractivity contribution >= 4 is 11.6 Å². The summed E-state index contributed by atoms with van der Waals surface area (Å²) in [7, 11) is 3.31. The van der Waals surface area contributed by atoms with Crippen LogP contribution in [0, 0.1) is 12.8 Å². The number of anilines is 1. The molecule has 0 radical (unpaired) electrons. The predicted molar refractivity (Wildman–Crippen MR) is 125 cm³/mol. The molecule has 2 aliphatic rings. The lowest BCUT2D eigenvalue weighted by Gasteiger charge is -2.52. The van der Waals surface area contributed by atoms with Crippen LogP contribution in [0.4, 0.5) is 5.69 Å². The van der Waals surface area contributed by atoms with Crippen molar-refractivity contribution < 1.29 is 19.4 Å². The number of aliphatic hydroxyl groups is 1. The van der Waals surface area contributed by atoms with E-state index in [1.54, 1.807) is 14.2 Å². The van der Waals surface area contributed by atoms with Crippen LogP contribution in [-0.2, 0) is 4.79 Å². The van der Waals surface area contributed by atoms with Crippen LogP contribution < -0.4 is 14.8 Å². The van der Waals surface area contributed by atoms with Crippen LogP contribution in [-0.4, -0.2) is 48.8 Å². The van der Waals surface area contributed by atoms with Gasteiger partial charge in [-0.25, -0.2) is 0 Å². The molecule has 0 bridgehead atoms. The van der Waals surface area contributed by atoms with Crippen molar-refractivity contribution in [3.8, 4) is 11.5 Å². The molecule has 1 amide bonds. The van der Waals surface area contributed by atoms with Crippen molar-refractivity contribution in [2.75, 3.05) is 32.6 Å². The summed E-state index contributed by atoms with van der Waals surface area (Å²) >= 11 is 0. The molecule has 1 aliphatic heterocycles. The SMILES string of the molecule is COc1ccc(OC)c(C2C3CCCCC3(O)CCN2CC(=O)Nc2ccc(C)cc2)c1. The highest BCUT2D eigenvalue weighted by Crippen LogP contribution is 2.51. The average molecular weight is 439 g/mol. The fourth-order valence-corrected chi connectivity index (χ4v) is 5.43. The molecule has 172 valence electrons. The van der Waals surface area contributed by atoms with Gasteiger partial charge in [-0.15, -0.1) is 0 Å².